The lowest BCUT2D eigenvalue weighted by Crippen LogP contribution is -2.48. The topological polar surface area (TPSA) is 98.9 Å². The van der Waals surface area contributed by atoms with E-state index in [1.54, 1.807) is 35.1 Å². The van der Waals surface area contributed by atoms with Crippen LogP contribution in [0.2, 0.25) is 0 Å². The molecule has 198 valence electrons. The van der Waals surface area contributed by atoms with E-state index in [1.807, 2.05) is 54.7 Å². The first-order valence-electron chi connectivity index (χ1n) is 13.0. The summed E-state index contributed by atoms with van der Waals surface area (Å²) in [4.78, 5) is 19.7. The number of urea groups is 1. The summed E-state index contributed by atoms with van der Waals surface area (Å²) in [5.74, 6) is 0.399. The van der Waals surface area contributed by atoms with Gasteiger partial charge in [-0.2, -0.15) is 10.4 Å². The molecule has 2 aromatic carbocycles. The van der Waals surface area contributed by atoms with Crippen LogP contribution in [0, 0.1) is 17.1 Å². The van der Waals surface area contributed by atoms with Gasteiger partial charge in [0.25, 0.3) is 0 Å². The first-order chi connectivity index (χ1) is 19.0. The van der Waals surface area contributed by atoms with Crippen molar-refractivity contribution in [2.24, 2.45) is 7.05 Å². The van der Waals surface area contributed by atoms with Crippen molar-refractivity contribution in [3.63, 3.8) is 0 Å². The fourth-order valence-electron chi connectivity index (χ4n) is 5.01. The zero-order valence-electron chi connectivity index (χ0n) is 21.7. The molecule has 1 aliphatic carbocycles. The van der Waals surface area contributed by atoms with Crippen molar-refractivity contribution < 1.29 is 9.18 Å². The van der Waals surface area contributed by atoms with E-state index in [0.717, 1.165) is 48.3 Å². The number of carbonyl (C=O) groups excluding carboxylic acids is 1. The normalized spacial score (nSPS) is 16.7. The van der Waals surface area contributed by atoms with Gasteiger partial charge in [0.2, 0.25) is 0 Å². The highest BCUT2D eigenvalue weighted by Crippen LogP contribution is 2.31. The zero-order valence-corrected chi connectivity index (χ0v) is 21.7. The Morgan fingerprint density at radius 3 is 2.46 bits per heavy atom. The third kappa shape index (κ3) is 6.24. The minimum atomic E-state index is -0.340. The number of anilines is 2. The number of carbonyl (C=O) groups is 1. The predicted octanol–water partition coefficient (Wildman–Crippen LogP) is 5.63. The SMILES string of the molecule is Cn1cc(-c2ccc(N(C(=O)NCc3ccccc3F)[C@H]3CC[C@H](Nc4ccc(C#N)cn4)CC3)cc2)cn1. The summed E-state index contributed by atoms with van der Waals surface area (Å²) in [5.41, 5.74) is 3.78. The average molecular weight is 524 g/mol. The minimum absolute atomic E-state index is 0.0122. The third-order valence-corrected chi connectivity index (χ3v) is 7.10. The number of pyridine rings is 1. The molecule has 9 heteroatoms. The molecule has 1 fully saturated rings. The summed E-state index contributed by atoms with van der Waals surface area (Å²) in [6.45, 7) is 0.108. The van der Waals surface area contributed by atoms with E-state index in [4.69, 9.17) is 5.26 Å². The van der Waals surface area contributed by atoms with E-state index in [-0.39, 0.29) is 30.5 Å². The van der Waals surface area contributed by atoms with Crippen LogP contribution in [0.15, 0.2) is 79.3 Å². The number of rotatable bonds is 7. The number of aromatic nitrogens is 3. The number of hydrogen-bond donors (Lipinski definition) is 2. The van der Waals surface area contributed by atoms with Crippen molar-refractivity contribution >= 4 is 17.5 Å². The first-order valence-corrected chi connectivity index (χ1v) is 13.0. The fraction of sp³-hybridized carbons (Fsp3) is 0.267. The number of nitriles is 1. The van der Waals surface area contributed by atoms with Crippen LogP contribution in [-0.4, -0.2) is 32.9 Å². The number of hydrogen-bond acceptors (Lipinski definition) is 5. The second-order valence-electron chi connectivity index (χ2n) is 9.76. The van der Waals surface area contributed by atoms with Gasteiger partial charge in [0.05, 0.1) is 11.8 Å². The number of nitrogens with one attached hydrogen (secondary N) is 2. The molecule has 0 aliphatic heterocycles. The number of benzene rings is 2. The summed E-state index contributed by atoms with van der Waals surface area (Å²) in [6.07, 6.45) is 8.63. The van der Waals surface area contributed by atoms with Crippen LogP contribution in [0.4, 0.5) is 20.7 Å². The van der Waals surface area contributed by atoms with E-state index < -0.39 is 0 Å². The molecule has 2 N–H and O–H groups in total. The largest absolute Gasteiger partial charge is 0.367 e. The predicted molar refractivity (Wildman–Crippen MR) is 148 cm³/mol. The lowest BCUT2D eigenvalue weighted by Gasteiger charge is -2.37. The maximum absolute atomic E-state index is 14.2. The number of amides is 2. The quantitative estimate of drug-likeness (QED) is 0.327. The molecule has 5 rings (SSSR count). The van der Waals surface area contributed by atoms with Crippen molar-refractivity contribution in [1.29, 1.82) is 5.26 Å². The molecule has 0 unspecified atom stereocenters. The van der Waals surface area contributed by atoms with Crippen LogP contribution in [0.3, 0.4) is 0 Å². The summed E-state index contributed by atoms with van der Waals surface area (Å²) < 4.78 is 15.9. The van der Waals surface area contributed by atoms with Gasteiger partial charge in [0.15, 0.2) is 0 Å². The maximum atomic E-state index is 14.2. The van der Waals surface area contributed by atoms with Crippen LogP contribution >= 0.6 is 0 Å². The van der Waals surface area contributed by atoms with Gasteiger partial charge in [-0.15, -0.1) is 0 Å². The van der Waals surface area contributed by atoms with E-state index in [2.05, 4.69) is 26.8 Å². The summed E-state index contributed by atoms with van der Waals surface area (Å²) in [6, 6.07) is 20.0. The van der Waals surface area contributed by atoms with Gasteiger partial charge in [-0.05, 0) is 61.6 Å². The molecule has 1 saturated carbocycles. The molecule has 39 heavy (non-hydrogen) atoms. The van der Waals surface area contributed by atoms with Crippen LogP contribution in [0.5, 0.6) is 0 Å². The monoisotopic (exact) mass is 523 g/mol. The van der Waals surface area contributed by atoms with Crippen molar-refractivity contribution in [3.05, 3.63) is 96.2 Å². The van der Waals surface area contributed by atoms with Gasteiger partial charge in [-0.3, -0.25) is 9.58 Å². The van der Waals surface area contributed by atoms with Gasteiger partial charge in [-0.25, -0.2) is 14.2 Å². The molecule has 1 aliphatic rings. The second-order valence-corrected chi connectivity index (χ2v) is 9.76. The highest BCUT2D eigenvalue weighted by atomic mass is 19.1. The van der Waals surface area contributed by atoms with E-state index in [1.165, 1.54) is 6.07 Å². The Morgan fingerprint density at radius 1 is 1.05 bits per heavy atom. The summed E-state index contributed by atoms with van der Waals surface area (Å²) in [5, 5.41) is 19.6. The van der Waals surface area contributed by atoms with Crippen LogP contribution in [0.25, 0.3) is 11.1 Å². The zero-order chi connectivity index (χ0) is 27.2. The Hall–Kier alpha value is -4.71. The van der Waals surface area contributed by atoms with Crippen LogP contribution in [0.1, 0.15) is 36.8 Å². The molecular formula is C30H30FN7O. The van der Waals surface area contributed by atoms with Crippen molar-refractivity contribution in [1.82, 2.24) is 20.1 Å². The molecule has 2 heterocycles. The number of aryl methyl sites for hydroxylation is 1. The van der Waals surface area contributed by atoms with Crippen molar-refractivity contribution in [3.8, 4) is 17.2 Å². The second kappa shape index (κ2) is 11.8. The van der Waals surface area contributed by atoms with Gasteiger partial charge in [0.1, 0.15) is 17.7 Å². The van der Waals surface area contributed by atoms with Crippen LogP contribution < -0.4 is 15.5 Å². The molecule has 0 radical (unpaired) electrons. The maximum Gasteiger partial charge on any atom is 0.322 e. The molecule has 2 aromatic heterocycles. The lowest BCUT2D eigenvalue weighted by atomic mass is 9.89. The molecule has 0 bridgehead atoms. The first kappa shape index (κ1) is 25.9. The van der Waals surface area contributed by atoms with Gasteiger partial charge < -0.3 is 10.6 Å². The molecule has 4 aromatic rings. The smallest absolute Gasteiger partial charge is 0.322 e. The average Bonchev–Trinajstić information content (AvgIpc) is 3.40. The van der Waals surface area contributed by atoms with Crippen molar-refractivity contribution in [2.75, 3.05) is 10.2 Å². The Balaban J connectivity index is 1.30. The number of halogens is 1. The summed E-state index contributed by atoms with van der Waals surface area (Å²) in [7, 11) is 1.88. The Bertz CT molecular complexity index is 1450. The van der Waals surface area contributed by atoms with Crippen LogP contribution in [-0.2, 0) is 13.6 Å². The molecular weight excluding hydrogens is 493 g/mol. The molecule has 2 amide bonds. The Kier molecular flexibility index (Phi) is 7.83. The minimum Gasteiger partial charge on any atom is -0.367 e. The van der Waals surface area contributed by atoms with E-state index in [0.29, 0.717) is 11.1 Å². The van der Waals surface area contributed by atoms with Gasteiger partial charge >= 0.3 is 6.03 Å². The van der Waals surface area contributed by atoms with Gasteiger partial charge in [-0.1, -0.05) is 30.3 Å². The lowest BCUT2D eigenvalue weighted by molar-refractivity contribution is 0.240. The summed E-state index contributed by atoms with van der Waals surface area (Å²) >= 11 is 0. The molecule has 0 atom stereocenters. The fourth-order valence-corrected chi connectivity index (χ4v) is 5.01. The Labute approximate surface area is 227 Å². The van der Waals surface area contributed by atoms with Gasteiger partial charge in [0, 0.05) is 54.9 Å². The standard InChI is InChI=1S/C30H30FN7O/c1-37-20-24(19-35-37)22-7-11-26(12-8-22)38(30(39)34-18-23-4-2-3-5-28(23)31)27-13-9-25(10-14-27)36-29-15-6-21(16-32)17-33-29/h2-8,11-12,15,17,19-20,25,27H,9-10,13-14,18H2,1H3,(H,33,36)(H,34,39)/t25-,27-. The molecule has 0 saturated heterocycles. The highest BCUT2D eigenvalue weighted by Gasteiger charge is 2.30. The third-order valence-electron chi connectivity index (χ3n) is 7.10. The highest BCUT2D eigenvalue weighted by molar-refractivity contribution is 5.93. The number of nitrogens with zero attached hydrogens (tertiary/aromatic N) is 5. The molecule has 8 nitrogen and oxygen atoms in total. The Morgan fingerprint density at radius 2 is 1.82 bits per heavy atom. The molecule has 0 spiro atoms. The van der Waals surface area contributed by atoms with Crippen molar-refractivity contribution in [2.45, 2.75) is 44.3 Å². The van der Waals surface area contributed by atoms with E-state index >= 15 is 0 Å². The van der Waals surface area contributed by atoms with E-state index in [9.17, 15) is 9.18 Å².